The highest BCUT2D eigenvalue weighted by atomic mass is 35.5. The molecule has 3 heteroatoms. The summed E-state index contributed by atoms with van der Waals surface area (Å²) < 4.78 is 0. The standard InChI is InChI=1S/C11H16ClNO/c1-7(2)5-10(13)9-6-8(12)3-4-11(9)14/h3-4,6-7,10,14H,5,13H2,1-2H3/t10-/m0/s1. The molecule has 2 nitrogen and oxygen atoms in total. The fraction of sp³-hybridized carbons (Fsp3) is 0.455. The Morgan fingerprint density at radius 1 is 1.43 bits per heavy atom. The molecule has 1 aromatic rings. The van der Waals surface area contributed by atoms with Crippen LogP contribution in [0.3, 0.4) is 0 Å². The van der Waals surface area contributed by atoms with Crippen LogP contribution in [0, 0.1) is 5.92 Å². The molecule has 0 aliphatic rings. The van der Waals surface area contributed by atoms with Gasteiger partial charge >= 0.3 is 0 Å². The van der Waals surface area contributed by atoms with E-state index in [1.807, 2.05) is 0 Å². The van der Waals surface area contributed by atoms with E-state index in [9.17, 15) is 5.11 Å². The van der Waals surface area contributed by atoms with E-state index in [0.717, 1.165) is 12.0 Å². The lowest BCUT2D eigenvalue weighted by Crippen LogP contribution is -2.13. The predicted molar refractivity (Wildman–Crippen MR) is 59.5 cm³/mol. The van der Waals surface area contributed by atoms with Crippen LogP contribution in [0.25, 0.3) is 0 Å². The first-order valence-corrected chi connectivity index (χ1v) is 5.12. The molecule has 1 atom stereocenters. The summed E-state index contributed by atoms with van der Waals surface area (Å²) in [4.78, 5) is 0. The maximum absolute atomic E-state index is 9.58. The monoisotopic (exact) mass is 213 g/mol. The summed E-state index contributed by atoms with van der Waals surface area (Å²) in [5, 5.41) is 10.2. The first-order chi connectivity index (χ1) is 6.50. The number of rotatable bonds is 3. The lowest BCUT2D eigenvalue weighted by atomic mass is 9.97. The van der Waals surface area contributed by atoms with Gasteiger partial charge in [-0.2, -0.15) is 0 Å². The number of nitrogens with two attached hydrogens (primary N) is 1. The number of phenols is 1. The van der Waals surface area contributed by atoms with E-state index < -0.39 is 0 Å². The van der Waals surface area contributed by atoms with Crippen molar-refractivity contribution in [2.45, 2.75) is 26.3 Å². The first-order valence-electron chi connectivity index (χ1n) is 4.74. The highest BCUT2D eigenvalue weighted by Gasteiger charge is 2.12. The Kier molecular flexibility index (Phi) is 3.78. The van der Waals surface area contributed by atoms with Crippen molar-refractivity contribution >= 4 is 11.6 Å². The molecule has 0 saturated heterocycles. The zero-order valence-corrected chi connectivity index (χ0v) is 9.25. The van der Waals surface area contributed by atoms with E-state index in [4.69, 9.17) is 17.3 Å². The summed E-state index contributed by atoms with van der Waals surface area (Å²) in [6.07, 6.45) is 0.841. The van der Waals surface area contributed by atoms with E-state index in [2.05, 4.69) is 13.8 Å². The fourth-order valence-corrected chi connectivity index (χ4v) is 1.64. The second kappa shape index (κ2) is 4.67. The third-order valence-electron chi connectivity index (χ3n) is 2.11. The lowest BCUT2D eigenvalue weighted by molar-refractivity contribution is 0.445. The van der Waals surface area contributed by atoms with Crippen LogP contribution in [0.2, 0.25) is 5.02 Å². The Labute approximate surface area is 89.7 Å². The molecular weight excluding hydrogens is 198 g/mol. The van der Waals surface area contributed by atoms with Gasteiger partial charge in [0.05, 0.1) is 0 Å². The highest BCUT2D eigenvalue weighted by molar-refractivity contribution is 6.30. The molecule has 1 rings (SSSR count). The Morgan fingerprint density at radius 2 is 2.07 bits per heavy atom. The molecule has 0 fully saturated rings. The summed E-state index contributed by atoms with van der Waals surface area (Å²) in [5.74, 6) is 0.728. The van der Waals surface area contributed by atoms with Crippen molar-refractivity contribution in [3.05, 3.63) is 28.8 Å². The van der Waals surface area contributed by atoms with Crippen molar-refractivity contribution in [2.75, 3.05) is 0 Å². The third-order valence-corrected chi connectivity index (χ3v) is 2.35. The van der Waals surface area contributed by atoms with Crippen molar-refractivity contribution in [3.63, 3.8) is 0 Å². The van der Waals surface area contributed by atoms with E-state index in [1.165, 1.54) is 0 Å². The Balaban J connectivity index is 2.88. The molecule has 0 bridgehead atoms. The molecule has 0 aromatic heterocycles. The fourth-order valence-electron chi connectivity index (χ4n) is 1.46. The number of aromatic hydroxyl groups is 1. The van der Waals surface area contributed by atoms with Gasteiger partial charge in [0.1, 0.15) is 5.75 Å². The van der Waals surface area contributed by atoms with Crippen molar-refractivity contribution in [3.8, 4) is 5.75 Å². The number of hydrogen-bond acceptors (Lipinski definition) is 2. The van der Waals surface area contributed by atoms with Crippen molar-refractivity contribution in [1.29, 1.82) is 0 Å². The summed E-state index contributed by atoms with van der Waals surface area (Å²) in [5.41, 5.74) is 6.67. The van der Waals surface area contributed by atoms with Crippen molar-refractivity contribution in [2.24, 2.45) is 11.7 Å². The molecule has 0 saturated carbocycles. The summed E-state index contributed by atoms with van der Waals surface area (Å²) in [6.45, 7) is 4.20. The molecule has 0 amide bonds. The SMILES string of the molecule is CC(C)C[C@H](N)c1cc(Cl)ccc1O. The lowest BCUT2D eigenvalue weighted by Gasteiger charge is -2.15. The highest BCUT2D eigenvalue weighted by Crippen LogP contribution is 2.29. The maximum atomic E-state index is 9.58. The summed E-state index contributed by atoms with van der Waals surface area (Å²) in [6, 6.07) is 4.82. The molecule has 0 spiro atoms. The van der Waals surface area contributed by atoms with Gasteiger partial charge in [-0.25, -0.2) is 0 Å². The van der Waals surface area contributed by atoms with Crippen LogP contribution in [0.5, 0.6) is 5.75 Å². The quantitative estimate of drug-likeness (QED) is 0.811. The normalized spacial score (nSPS) is 13.2. The maximum Gasteiger partial charge on any atom is 0.120 e. The summed E-state index contributed by atoms with van der Waals surface area (Å²) >= 11 is 5.83. The minimum Gasteiger partial charge on any atom is -0.508 e. The van der Waals surface area contributed by atoms with Gasteiger partial charge in [0, 0.05) is 16.6 Å². The molecule has 0 heterocycles. The zero-order chi connectivity index (χ0) is 10.7. The van der Waals surface area contributed by atoms with E-state index >= 15 is 0 Å². The van der Waals surface area contributed by atoms with Crippen LogP contribution < -0.4 is 5.73 Å². The average molecular weight is 214 g/mol. The minimum atomic E-state index is -0.145. The molecule has 1 aromatic carbocycles. The molecule has 0 aliphatic heterocycles. The second-order valence-electron chi connectivity index (χ2n) is 3.94. The summed E-state index contributed by atoms with van der Waals surface area (Å²) in [7, 11) is 0. The van der Waals surface area contributed by atoms with Gasteiger partial charge < -0.3 is 10.8 Å². The molecular formula is C11H16ClNO. The van der Waals surface area contributed by atoms with Gasteiger partial charge in [-0.1, -0.05) is 25.4 Å². The van der Waals surface area contributed by atoms with Crippen LogP contribution in [0.1, 0.15) is 31.9 Å². The van der Waals surface area contributed by atoms with Gasteiger partial charge in [0.2, 0.25) is 0 Å². The topological polar surface area (TPSA) is 46.2 Å². The smallest absolute Gasteiger partial charge is 0.120 e. The second-order valence-corrected chi connectivity index (χ2v) is 4.38. The van der Waals surface area contributed by atoms with Gasteiger partial charge in [-0.05, 0) is 30.5 Å². The number of phenolic OH excluding ortho intramolecular Hbond substituents is 1. The molecule has 0 aliphatic carbocycles. The Morgan fingerprint density at radius 3 is 2.64 bits per heavy atom. The first kappa shape index (κ1) is 11.3. The van der Waals surface area contributed by atoms with E-state index in [1.54, 1.807) is 18.2 Å². The van der Waals surface area contributed by atoms with E-state index in [-0.39, 0.29) is 11.8 Å². The van der Waals surface area contributed by atoms with Gasteiger partial charge in [0.25, 0.3) is 0 Å². The Hall–Kier alpha value is -0.730. The number of benzene rings is 1. The minimum absolute atomic E-state index is 0.145. The van der Waals surface area contributed by atoms with E-state index in [0.29, 0.717) is 10.9 Å². The average Bonchev–Trinajstić information content (AvgIpc) is 2.08. The van der Waals surface area contributed by atoms with Crippen molar-refractivity contribution in [1.82, 2.24) is 0 Å². The third kappa shape index (κ3) is 2.89. The molecule has 78 valence electrons. The van der Waals surface area contributed by atoms with Gasteiger partial charge in [-0.3, -0.25) is 0 Å². The van der Waals surface area contributed by atoms with Gasteiger partial charge in [0.15, 0.2) is 0 Å². The van der Waals surface area contributed by atoms with Crippen LogP contribution in [0.15, 0.2) is 18.2 Å². The van der Waals surface area contributed by atoms with Crippen LogP contribution in [-0.2, 0) is 0 Å². The van der Waals surface area contributed by atoms with Crippen LogP contribution in [-0.4, -0.2) is 5.11 Å². The molecule has 3 N–H and O–H groups in total. The van der Waals surface area contributed by atoms with Gasteiger partial charge in [-0.15, -0.1) is 0 Å². The number of halogens is 1. The largest absolute Gasteiger partial charge is 0.508 e. The molecule has 0 radical (unpaired) electrons. The number of hydrogen-bond donors (Lipinski definition) is 2. The van der Waals surface area contributed by atoms with Crippen LogP contribution >= 0.6 is 11.6 Å². The van der Waals surface area contributed by atoms with Crippen LogP contribution in [0.4, 0.5) is 0 Å². The zero-order valence-electron chi connectivity index (χ0n) is 8.50. The Bertz CT molecular complexity index is 312. The van der Waals surface area contributed by atoms with Crippen molar-refractivity contribution < 1.29 is 5.11 Å². The molecule has 14 heavy (non-hydrogen) atoms. The predicted octanol–water partition coefficient (Wildman–Crippen LogP) is 3.09. The molecule has 0 unspecified atom stereocenters.